The zero-order chi connectivity index (χ0) is 14.6. The van der Waals surface area contributed by atoms with Crippen LogP contribution in [0.25, 0.3) is 0 Å². The molecular formula is C16H26ClNOS. The third-order valence-corrected chi connectivity index (χ3v) is 4.41. The lowest BCUT2D eigenvalue weighted by Crippen LogP contribution is -2.27. The van der Waals surface area contributed by atoms with Crippen molar-refractivity contribution in [2.75, 3.05) is 38.8 Å². The molecule has 0 amide bonds. The molecule has 1 rings (SSSR count). The van der Waals surface area contributed by atoms with E-state index in [0.29, 0.717) is 5.92 Å². The number of thioether (sulfide) groups is 1. The Bertz CT molecular complexity index is 362. The molecular weight excluding hydrogens is 290 g/mol. The van der Waals surface area contributed by atoms with E-state index in [0.717, 1.165) is 31.1 Å². The average molecular weight is 316 g/mol. The lowest BCUT2D eigenvalue weighted by atomic mass is 9.95. The van der Waals surface area contributed by atoms with Crippen LogP contribution in [-0.2, 0) is 11.2 Å². The van der Waals surface area contributed by atoms with Crippen molar-refractivity contribution in [3.63, 3.8) is 0 Å². The summed E-state index contributed by atoms with van der Waals surface area (Å²) in [5.41, 5.74) is 1.26. The normalized spacial score (nSPS) is 12.6. The van der Waals surface area contributed by atoms with E-state index in [1.807, 2.05) is 23.9 Å². The van der Waals surface area contributed by atoms with Gasteiger partial charge in [-0.2, -0.15) is 11.8 Å². The van der Waals surface area contributed by atoms with Crippen LogP contribution in [0.4, 0.5) is 0 Å². The van der Waals surface area contributed by atoms with Crippen molar-refractivity contribution < 1.29 is 4.74 Å². The van der Waals surface area contributed by atoms with Gasteiger partial charge in [0.05, 0.1) is 6.61 Å². The topological polar surface area (TPSA) is 21.3 Å². The van der Waals surface area contributed by atoms with Crippen molar-refractivity contribution in [3.05, 3.63) is 34.9 Å². The largest absolute Gasteiger partial charge is 0.383 e. The Balaban J connectivity index is 2.46. The summed E-state index contributed by atoms with van der Waals surface area (Å²) < 4.78 is 5.07. The van der Waals surface area contributed by atoms with Gasteiger partial charge < -0.3 is 10.1 Å². The zero-order valence-corrected chi connectivity index (χ0v) is 14.1. The van der Waals surface area contributed by atoms with Gasteiger partial charge in [0.1, 0.15) is 0 Å². The van der Waals surface area contributed by atoms with Crippen molar-refractivity contribution in [2.24, 2.45) is 5.92 Å². The first-order valence-corrected chi connectivity index (χ1v) is 8.97. The van der Waals surface area contributed by atoms with Gasteiger partial charge in [-0.3, -0.25) is 0 Å². The van der Waals surface area contributed by atoms with Gasteiger partial charge in [-0.25, -0.2) is 0 Å². The highest BCUT2D eigenvalue weighted by molar-refractivity contribution is 7.98. The lowest BCUT2D eigenvalue weighted by molar-refractivity contribution is 0.197. The number of methoxy groups -OCH3 is 1. The third-order valence-electron chi connectivity index (χ3n) is 3.34. The summed E-state index contributed by atoms with van der Waals surface area (Å²) >= 11 is 8.19. The molecule has 0 radical (unpaired) electrons. The fraction of sp³-hybridized carbons (Fsp3) is 0.625. The van der Waals surface area contributed by atoms with Gasteiger partial charge >= 0.3 is 0 Å². The molecule has 0 aliphatic carbocycles. The van der Waals surface area contributed by atoms with Crippen LogP contribution in [0, 0.1) is 5.92 Å². The highest BCUT2D eigenvalue weighted by Gasteiger charge is 2.11. The first-order chi connectivity index (χ1) is 9.77. The van der Waals surface area contributed by atoms with E-state index in [9.17, 15) is 0 Å². The van der Waals surface area contributed by atoms with Crippen LogP contribution >= 0.6 is 23.4 Å². The van der Waals surface area contributed by atoms with Crippen molar-refractivity contribution in [3.8, 4) is 0 Å². The predicted molar refractivity (Wildman–Crippen MR) is 91.0 cm³/mol. The molecule has 0 saturated heterocycles. The Kier molecular flexibility index (Phi) is 10.2. The molecule has 0 saturated carbocycles. The monoisotopic (exact) mass is 315 g/mol. The molecule has 0 aromatic heterocycles. The number of nitrogens with one attached hydrogen (secondary N) is 1. The molecule has 4 heteroatoms. The second-order valence-corrected chi connectivity index (χ2v) is 6.39. The van der Waals surface area contributed by atoms with Gasteiger partial charge in [0.15, 0.2) is 0 Å². The number of hydrogen-bond donors (Lipinski definition) is 1. The summed E-state index contributed by atoms with van der Waals surface area (Å²) in [6.07, 6.45) is 5.72. The van der Waals surface area contributed by atoms with Crippen LogP contribution in [0.5, 0.6) is 0 Å². The summed E-state index contributed by atoms with van der Waals surface area (Å²) in [5, 5.41) is 4.37. The molecule has 0 fully saturated rings. The first kappa shape index (κ1) is 17.8. The lowest BCUT2D eigenvalue weighted by Gasteiger charge is -2.18. The standard InChI is InChI=1S/C16H26ClNOS/c1-19-10-9-18-13-14(6-5-11-20-2)12-15-7-3-4-8-16(15)17/h3-4,7-8,14,18H,5-6,9-13H2,1-2H3. The highest BCUT2D eigenvalue weighted by Crippen LogP contribution is 2.21. The maximum absolute atomic E-state index is 6.27. The summed E-state index contributed by atoms with van der Waals surface area (Å²) in [4.78, 5) is 0. The molecule has 0 bridgehead atoms. The van der Waals surface area contributed by atoms with Crippen LogP contribution in [0.2, 0.25) is 5.02 Å². The quantitative estimate of drug-likeness (QED) is 0.626. The maximum Gasteiger partial charge on any atom is 0.0587 e. The van der Waals surface area contributed by atoms with Gasteiger partial charge in [0.25, 0.3) is 0 Å². The average Bonchev–Trinajstić information content (AvgIpc) is 2.46. The Morgan fingerprint density at radius 1 is 1.35 bits per heavy atom. The van der Waals surface area contributed by atoms with E-state index in [1.165, 1.54) is 24.2 Å². The van der Waals surface area contributed by atoms with E-state index in [1.54, 1.807) is 7.11 Å². The summed E-state index contributed by atoms with van der Waals surface area (Å²) in [6, 6.07) is 8.18. The maximum atomic E-state index is 6.27. The molecule has 2 nitrogen and oxygen atoms in total. The summed E-state index contributed by atoms with van der Waals surface area (Å²) in [7, 11) is 1.74. The Morgan fingerprint density at radius 3 is 2.85 bits per heavy atom. The molecule has 1 atom stereocenters. The Morgan fingerprint density at radius 2 is 2.15 bits per heavy atom. The van der Waals surface area contributed by atoms with Crippen molar-refractivity contribution in [2.45, 2.75) is 19.3 Å². The molecule has 1 unspecified atom stereocenters. The highest BCUT2D eigenvalue weighted by atomic mass is 35.5. The number of ether oxygens (including phenoxy) is 1. The molecule has 0 spiro atoms. The minimum atomic E-state index is 0.638. The number of hydrogen-bond acceptors (Lipinski definition) is 3. The van der Waals surface area contributed by atoms with E-state index < -0.39 is 0 Å². The molecule has 0 aliphatic rings. The fourth-order valence-corrected chi connectivity index (χ4v) is 2.92. The van der Waals surface area contributed by atoms with Crippen molar-refractivity contribution >= 4 is 23.4 Å². The SMILES string of the molecule is COCCNCC(CCCSC)Cc1ccccc1Cl. The second kappa shape index (κ2) is 11.4. The van der Waals surface area contributed by atoms with E-state index >= 15 is 0 Å². The van der Waals surface area contributed by atoms with Gasteiger partial charge in [-0.05, 0) is 55.4 Å². The zero-order valence-electron chi connectivity index (χ0n) is 12.5. The molecule has 114 valence electrons. The van der Waals surface area contributed by atoms with Crippen LogP contribution < -0.4 is 5.32 Å². The molecule has 0 aliphatic heterocycles. The summed E-state index contributed by atoms with van der Waals surface area (Å²) in [5.74, 6) is 1.87. The summed E-state index contributed by atoms with van der Waals surface area (Å²) in [6.45, 7) is 2.71. The van der Waals surface area contributed by atoms with Crippen LogP contribution in [0.3, 0.4) is 0 Å². The van der Waals surface area contributed by atoms with E-state index in [2.05, 4.69) is 23.7 Å². The molecule has 0 heterocycles. The first-order valence-electron chi connectivity index (χ1n) is 7.20. The molecule has 1 aromatic rings. The fourth-order valence-electron chi connectivity index (χ4n) is 2.25. The van der Waals surface area contributed by atoms with Gasteiger partial charge in [0, 0.05) is 18.7 Å². The molecule has 1 aromatic carbocycles. The van der Waals surface area contributed by atoms with Gasteiger partial charge in [-0.1, -0.05) is 29.8 Å². The smallest absolute Gasteiger partial charge is 0.0587 e. The number of benzene rings is 1. The van der Waals surface area contributed by atoms with Gasteiger partial charge in [-0.15, -0.1) is 0 Å². The minimum absolute atomic E-state index is 0.638. The van der Waals surface area contributed by atoms with Crippen molar-refractivity contribution in [1.29, 1.82) is 0 Å². The molecule has 20 heavy (non-hydrogen) atoms. The van der Waals surface area contributed by atoms with Crippen LogP contribution in [-0.4, -0.2) is 38.8 Å². The predicted octanol–water partition coefficient (Wildman–Crippen LogP) is 3.88. The molecule has 1 N–H and O–H groups in total. The second-order valence-electron chi connectivity index (χ2n) is 4.99. The van der Waals surface area contributed by atoms with Crippen LogP contribution in [0.15, 0.2) is 24.3 Å². The Labute approximate surface area is 132 Å². The van der Waals surface area contributed by atoms with E-state index in [-0.39, 0.29) is 0 Å². The van der Waals surface area contributed by atoms with Crippen LogP contribution in [0.1, 0.15) is 18.4 Å². The van der Waals surface area contributed by atoms with E-state index in [4.69, 9.17) is 16.3 Å². The Hall–Kier alpha value is -0.220. The van der Waals surface area contributed by atoms with Gasteiger partial charge in [0.2, 0.25) is 0 Å². The van der Waals surface area contributed by atoms with Crippen molar-refractivity contribution in [1.82, 2.24) is 5.32 Å². The number of halogens is 1. The third kappa shape index (κ3) is 7.53. The minimum Gasteiger partial charge on any atom is -0.383 e. The number of rotatable bonds is 11.